The molecule has 118 valence electrons. The van der Waals surface area contributed by atoms with Gasteiger partial charge in [-0.25, -0.2) is 17.5 Å². The summed E-state index contributed by atoms with van der Waals surface area (Å²) in [5, 5.41) is 2.64. The van der Waals surface area contributed by atoms with Crippen LogP contribution in [0, 0.1) is 5.82 Å². The van der Waals surface area contributed by atoms with Crippen LogP contribution in [-0.4, -0.2) is 33.2 Å². The van der Waals surface area contributed by atoms with Crippen LogP contribution in [0.2, 0.25) is 0 Å². The Kier molecular flexibility index (Phi) is 7.31. The number of unbranched alkanes of at least 4 members (excludes halogenated alkanes) is 1. The highest BCUT2D eigenvalue weighted by Gasteiger charge is 2.11. The Balaban J connectivity index is 2.25. The molecule has 1 amide bonds. The van der Waals surface area contributed by atoms with E-state index in [1.54, 1.807) is 18.2 Å². The summed E-state index contributed by atoms with van der Waals surface area (Å²) in [4.78, 5) is 10.6. The van der Waals surface area contributed by atoms with Gasteiger partial charge < -0.3 is 5.32 Å². The summed E-state index contributed by atoms with van der Waals surface area (Å²) in [5.41, 5.74) is 0.397. The molecule has 0 saturated carbocycles. The molecule has 1 rings (SSSR count). The van der Waals surface area contributed by atoms with Gasteiger partial charge in [-0.15, -0.1) is 0 Å². The zero-order valence-corrected chi connectivity index (χ0v) is 12.9. The van der Waals surface area contributed by atoms with Gasteiger partial charge >= 0.3 is 0 Å². The molecule has 1 aromatic rings. The number of sulfonamides is 1. The van der Waals surface area contributed by atoms with Crippen molar-refractivity contribution < 1.29 is 17.6 Å². The van der Waals surface area contributed by atoms with Crippen molar-refractivity contribution in [2.75, 3.05) is 18.8 Å². The van der Waals surface area contributed by atoms with E-state index in [0.29, 0.717) is 31.5 Å². The Bertz CT molecular complexity index is 561. The van der Waals surface area contributed by atoms with Crippen molar-refractivity contribution >= 4 is 15.9 Å². The maximum absolute atomic E-state index is 13.4. The molecule has 0 aliphatic rings. The average Bonchev–Trinajstić information content (AvgIpc) is 2.41. The van der Waals surface area contributed by atoms with Crippen LogP contribution < -0.4 is 10.0 Å². The molecular weight excluding hydrogens is 295 g/mol. The van der Waals surface area contributed by atoms with E-state index in [2.05, 4.69) is 10.0 Å². The summed E-state index contributed by atoms with van der Waals surface area (Å²) >= 11 is 0. The predicted octanol–water partition coefficient (Wildman–Crippen LogP) is 1.20. The van der Waals surface area contributed by atoms with Gasteiger partial charge in [0.05, 0.1) is 5.75 Å². The average molecular weight is 316 g/mol. The molecule has 0 atom stereocenters. The molecule has 0 aliphatic heterocycles. The van der Waals surface area contributed by atoms with E-state index in [1.807, 2.05) is 0 Å². The third-order valence-corrected chi connectivity index (χ3v) is 4.28. The number of benzene rings is 1. The Morgan fingerprint density at radius 2 is 1.86 bits per heavy atom. The minimum atomic E-state index is -3.40. The molecule has 0 aromatic heterocycles. The lowest BCUT2D eigenvalue weighted by Gasteiger charge is -2.07. The Hall–Kier alpha value is -1.47. The number of aryl methyl sites for hydroxylation is 1. The van der Waals surface area contributed by atoms with Gasteiger partial charge in [0.1, 0.15) is 5.82 Å². The summed E-state index contributed by atoms with van der Waals surface area (Å²) in [6.07, 6.45) is 1.49. The van der Waals surface area contributed by atoms with Crippen molar-refractivity contribution in [2.45, 2.75) is 26.2 Å². The summed E-state index contributed by atoms with van der Waals surface area (Å²) in [5.74, 6) is -0.622. The zero-order valence-electron chi connectivity index (χ0n) is 12.1. The van der Waals surface area contributed by atoms with Crippen LogP contribution in [0.5, 0.6) is 0 Å². The molecule has 0 fully saturated rings. The standard InChI is InChI=1S/C14H21FN2O3S/c1-12(18)16-9-4-5-10-17-21(19,20)11-8-13-6-2-3-7-14(13)15/h2-3,6-7,17H,4-5,8-11H2,1H3,(H,16,18). The number of rotatable bonds is 9. The van der Waals surface area contributed by atoms with Crippen molar-refractivity contribution in [3.8, 4) is 0 Å². The van der Waals surface area contributed by atoms with E-state index < -0.39 is 10.0 Å². The fourth-order valence-electron chi connectivity index (χ4n) is 1.76. The lowest BCUT2D eigenvalue weighted by atomic mass is 10.2. The molecule has 5 nitrogen and oxygen atoms in total. The van der Waals surface area contributed by atoms with Crippen LogP contribution in [0.15, 0.2) is 24.3 Å². The van der Waals surface area contributed by atoms with Gasteiger partial charge in [-0.2, -0.15) is 0 Å². The first-order chi connectivity index (χ1) is 9.91. The first-order valence-electron chi connectivity index (χ1n) is 6.86. The topological polar surface area (TPSA) is 75.3 Å². The van der Waals surface area contributed by atoms with Gasteiger partial charge in [0, 0.05) is 20.0 Å². The van der Waals surface area contributed by atoms with Gasteiger partial charge in [-0.1, -0.05) is 18.2 Å². The maximum Gasteiger partial charge on any atom is 0.216 e. The molecule has 2 N–H and O–H groups in total. The Morgan fingerprint density at radius 1 is 1.19 bits per heavy atom. The first-order valence-corrected chi connectivity index (χ1v) is 8.51. The number of amides is 1. The third-order valence-electron chi connectivity index (χ3n) is 2.90. The third kappa shape index (κ3) is 7.77. The van der Waals surface area contributed by atoms with E-state index in [0.717, 1.165) is 0 Å². The smallest absolute Gasteiger partial charge is 0.216 e. The lowest BCUT2D eigenvalue weighted by Crippen LogP contribution is -2.29. The molecule has 0 bridgehead atoms. The molecule has 7 heteroatoms. The second kappa shape index (κ2) is 8.74. The highest BCUT2D eigenvalue weighted by molar-refractivity contribution is 7.89. The minimum absolute atomic E-state index is 0.0968. The number of carbonyl (C=O) groups excluding carboxylic acids is 1. The Labute approximate surface area is 125 Å². The second-order valence-corrected chi connectivity index (χ2v) is 6.67. The molecule has 0 radical (unpaired) electrons. The van der Waals surface area contributed by atoms with Crippen molar-refractivity contribution in [3.05, 3.63) is 35.6 Å². The highest BCUT2D eigenvalue weighted by atomic mass is 32.2. The van der Waals surface area contributed by atoms with Gasteiger partial charge in [-0.3, -0.25) is 4.79 Å². The van der Waals surface area contributed by atoms with Crippen LogP contribution in [0.25, 0.3) is 0 Å². The van der Waals surface area contributed by atoms with Crippen LogP contribution in [0.4, 0.5) is 4.39 Å². The predicted molar refractivity (Wildman–Crippen MR) is 79.8 cm³/mol. The van der Waals surface area contributed by atoms with Gasteiger partial charge in [0.2, 0.25) is 15.9 Å². The number of hydrogen-bond acceptors (Lipinski definition) is 3. The van der Waals surface area contributed by atoms with Gasteiger partial charge in [0.25, 0.3) is 0 Å². The summed E-state index contributed by atoms with van der Waals surface area (Å²) < 4.78 is 39.4. The number of carbonyl (C=O) groups is 1. The molecule has 0 heterocycles. The van der Waals surface area contributed by atoms with Crippen LogP contribution in [0.1, 0.15) is 25.3 Å². The summed E-state index contributed by atoms with van der Waals surface area (Å²) in [7, 11) is -3.40. The quantitative estimate of drug-likeness (QED) is 0.672. The van der Waals surface area contributed by atoms with E-state index in [4.69, 9.17) is 0 Å². The minimum Gasteiger partial charge on any atom is -0.356 e. The number of halogens is 1. The van der Waals surface area contributed by atoms with Gasteiger partial charge in [-0.05, 0) is 30.9 Å². The zero-order chi connectivity index (χ0) is 15.7. The van der Waals surface area contributed by atoms with Crippen molar-refractivity contribution in [1.29, 1.82) is 0 Å². The van der Waals surface area contributed by atoms with Crippen molar-refractivity contribution in [3.63, 3.8) is 0 Å². The van der Waals surface area contributed by atoms with E-state index in [-0.39, 0.29) is 23.9 Å². The van der Waals surface area contributed by atoms with E-state index >= 15 is 0 Å². The SMILES string of the molecule is CC(=O)NCCCCNS(=O)(=O)CCc1ccccc1F. The molecule has 0 spiro atoms. The summed E-state index contributed by atoms with van der Waals surface area (Å²) in [6, 6.07) is 6.15. The monoisotopic (exact) mass is 316 g/mol. The summed E-state index contributed by atoms with van der Waals surface area (Å²) in [6.45, 7) is 2.29. The molecular formula is C14H21FN2O3S. The van der Waals surface area contributed by atoms with E-state index in [1.165, 1.54) is 13.0 Å². The molecule has 21 heavy (non-hydrogen) atoms. The Morgan fingerprint density at radius 3 is 2.52 bits per heavy atom. The van der Waals surface area contributed by atoms with Crippen molar-refractivity contribution in [2.24, 2.45) is 0 Å². The number of hydrogen-bond donors (Lipinski definition) is 2. The normalized spacial score (nSPS) is 11.3. The largest absolute Gasteiger partial charge is 0.356 e. The van der Waals surface area contributed by atoms with Crippen molar-refractivity contribution in [1.82, 2.24) is 10.0 Å². The lowest BCUT2D eigenvalue weighted by molar-refractivity contribution is -0.118. The number of nitrogens with one attached hydrogen (secondary N) is 2. The van der Waals surface area contributed by atoms with Crippen LogP contribution in [-0.2, 0) is 21.2 Å². The van der Waals surface area contributed by atoms with E-state index in [9.17, 15) is 17.6 Å². The highest BCUT2D eigenvalue weighted by Crippen LogP contribution is 2.07. The second-order valence-electron chi connectivity index (χ2n) is 4.74. The molecule has 0 saturated heterocycles. The fraction of sp³-hybridized carbons (Fsp3) is 0.500. The van der Waals surface area contributed by atoms with Crippen LogP contribution in [0.3, 0.4) is 0 Å². The maximum atomic E-state index is 13.4. The van der Waals surface area contributed by atoms with Crippen LogP contribution >= 0.6 is 0 Å². The molecule has 1 aromatic carbocycles. The van der Waals surface area contributed by atoms with Gasteiger partial charge in [0.15, 0.2) is 0 Å². The molecule has 0 aliphatic carbocycles. The first kappa shape index (κ1) is 17.6. The fourth-order valence-corrected chi connectivity index (χ4v) is 2.85. The molecule has 0 unspecified atom stereocenters.